The number of nitrogens with zero attached hydrogens (tertiary/aromatic N) is 3. The average molecular weight is 474 g/mol. The maximum absolute atomic E-state index is 12.8. The molecular formula is C20H19ClF3N3O5. The van der Waals surface area contributed by atoms with Gasteiger partial charge in [-0.1, -0.05) is 11.6 Å². The van der Waals surface area contributed by atoms with E-state index in [-0.39, 0.29) is 65.6 Å². The topological polar surface area (TPSA) is 85.2 Å². The van der Waals surface area contributed by atoms with Crippen LogP contribution >= 0.6 is 11.6 Å². The molecule has 2 aromatic carbocycles. The molecule has 1 aliphatic rings. The fraction of sp³-hybridized carbons (Fsp3) is 0.350. The standard InChI is InChI=1S/C20H19ClF3N3O5/c1-31-18-10-13(19(28)26-8-6-25(7-9-26)12-20(22,23)24)2-4-17(18)32-16-5-3-14(21)11-15(16)27(29)30/h2-5,10-11H,6-9,12H2,1H3. The normalized spacial score (nSPS) is 14.8. The smallest absolute Gasteiger partial charge is 0.401 e. The molecule has 3 rings (SSSR count). The summed E-state index contributed by atoms with van der Waals surface area (Å²) in [7, 11) is 1.35. The van der Waals surface area contributed by atoms with Gasteiger partial charge < -0.3 is 14.4 Å². The van der Waals surface area contributed by atoms with Gasteiger partial charge in [-0.2, -0.15) is 13.2 Å². The lowest BCUT2D eigenvalue weighted by Gasteiger charge is -2.35. The number of piperazine rings is 1. The van der Waals surface area contributed by atoms with Crippen LogP contribution < -0.4 is 9.47 Å². The third-order valence-electron chi connectivity index (χ3n) is 4.81. The van der Waals surface area contributed by atoms with Gasteiger partial charge in [-0.15, -0.1) is 0 Å². The van der Waals surface area contributed by atoms with Gasteiger partial charge in [-0.05, 0) is 30.3 Å². The predicted molar refractivity (Wildman–Crippen MR) is 110 cm³/mol. The number of hydrogen-bond acceptors (Lipinski definition) is 6. The molecule has 1 heterocycles. The Balaban J connectivity index is 1.73. The van der Waals surface area contributed by atoms with Gasteiger partial charge in [0, 0.05) is 42.8 Å². The fourth-order valence-electron chi connectivity index (χ4n) is 3.27. The lowest BCUT2D eigenvalue weighted by Crippen LogP contribution is -2.50. The Kier molecular flexibility index (Phi) is 7.09. The molecule has 172 valence electrons. The molecule has 0 N–H and O–H groups in total. The van der Waals surface area contributed by atoms with E-state index in [1.165, 1.54) is 47.2 Å². The first-order valence-corrected chi connectivity index (χ1v) is 9.83. The van der Waals surface area contributed by atoms with E-state index in [1.807, 2.05) is 0 Å². The Morgan fingerprint density at radius 2 is 1.75 bits per heavy atom. The van der Waals surface area contributed by atoms with Crippen molar-refractivity contribution in [2.45, 2.75) is 6.18 Å². The highest BCUT2D eigenvalue weighted by Crippen LogP contribution is 2.38. The van der Waals surface area contributed by atoms with Crippen molar-refractivity contribution >= 4 is 23.2 Å². The van der Waals surface area contributed by atoms with Crippen molar-refractivity contribution in [3.63, 3.8) is 0 Å². The van der Waals surface area contributed by atoms with Crippen LogP contribution in [0.2, 0.25) is 5.02 Å². The van der Waals surface area contributed by atoms with Crippen molar-refractivity contribution in [3.8, 4) is 17.2 Å². The van der Waals surface area contributed by atoms with E-state index >= 15 is 0 Å². The van der Waals surface area contributed by atoms with Crippen LogP contribution in [0.15, 0.2) is 36.4 Å². The molecule has 12 heteroatoms. The van der Waals surface area contributed by atoms with E-state index in [1.54, 1.807) is 0 Å². The summed E-state index contributed by atoms with van der Waals surface area (Å²) < 4.78 is 48.5. The van der Waals surface area contributed by atoms with Gasteiger partial charge in [0.1, 0.15) is 0 Å². The van der Waals surface area contributed by atoms with Crippen molar-refractivity contribution in [1.29, 1.82) is 0 Å². The van der Waals surface area contributed by atoms with Crippen LogP contribution in [0, 0.1) is 10.1 Å². The van der Waals surface area contributed by atoms with E-state index in [2.05, 4.69) is 0 Å². The zero-order valence-corrected chi connectivity index (χ0v) is 17.7. The highest BCUT2D eigenvalue weighted by molar-refractivity contribution is 6.30. The number of carbonyl (C=O) groups is 1. The monoisotopic (exact) mass is 473 g/mol. The van der Waals surface area contributed by atoms with E-state index in [0.29, 0.717) is 0 Å². The summed E-state index contributed by atoms with van der Waals surface area (Å²) in [6.07, 6.45) is -4.28. The number of carbonyl (C=O) groups excluding carboxylic acids is 1. The Labute approximate surface area is 186 Å². The Hall–Kier alpha value is -3.05. The number of benzene rings is 2. The fourth-order valence-corrected chi connectivity index (χ4v) is 3.43. The predicted octanol–water partition coefficient (Wildman–Crippen LogP) is 4.37. The Morgan fingerprint density at radius 1 is 1.09 bits per heavy atom. The average Bonchev–Trinajstić information content (AvgIpc) is 2.74. The third kappa shape index (κ3) is 5.80. The third-order valence-corrected chi connectivity index (χ3v) is 5.05. The summed E-state index contributed by atoms with van der Waals surface area (Å²) in [4.78, 5) is 26.1. The molecule has 1 fully saturated rings. The van der Waals surface area contributed by atoms with E-state index in [4.69, 9.17) is 21.1 Å². The molecule has 1 saturated heterocycles. The molecule has 32 heavy (non-hydrogen) atoms. The van der Waals surface area contributed by atoms with Gasteiger partial charge in [0.05, 0.1) is 18.6 Å². The van der Waals surface area contributed by atoms with Gasteiger partial charge in [0.2, 0.25) is 5.75 Å². The van der Waals surface area contributed by atoms with Crippen LogP contribution in [-0.2, 0) is 0 Å². The van der Waals surface area contributed by atoms with Crippen molar-refractivity contribution in [2.24, 2.45) is 0 Å². The van der Waals surface area contributed by atoms with Crippen molar-refractivity contribution < 1.29 is 32.4 Å². The SMILES string of the molecule is COc1cc(C(=O)N2CCN(CC(F)(F)F)CC2)ccc1Oc1ccc(Cl)cc1[N+](=O)[O-]. The summed E-state index contributed by atoms with van der Waals surface area (Å²) in [5.74, 6) is -0.114. The van der Waals surface area contributed by atoms with Gasteiger partial charge in [-0.3, -0.25) is 19.8 Å². The molecule has 0 unspecified atom stereocenters. The molecule has 0 aromatic heterocycles. The molecule has 0 aliphatic carbocycles. The van der Waals surface area contributed by atoms with E-state index in [9.17, 15) is 28.1 Å². The molecule has 0 radical (unpaired) electrons. The van der Waals surface area contributed by atoms with Crippen LogP contribution in [0.5, 0.6) is 17.2 Å². The number of amides is 1. The number of nitro benzene ring substituents is 1. The van der Waals surface area contributed by atoms with Crippen LogP contribution in [-0.4, -0.2) is 66.6 Å². The second-order valence-corrected chi connectivity index (χ2v) is 7.46. The minimum absolute atomic E-state index is 0.0578. The summed E-state index contributed by atoms with van der Waals surface area (Å²) in [6.45, 7) is -0.460. The molecule has 0 atom stereocenters. The van der Waals surface area contributed by atoms with Gasteiger partial charge in [-0.25, -0.2) is 0 Å². The van der Waals surface area contributed by atoms with E-state index < -0.39 is 17.6 Å². The first kappa shape index (κ1) is 23.6. The molecular weight excluding hydrogens is 455 g/mol. The lowest BCUT2D eigenvalue weighted by molar-refractivity contribution is -0.385. The number of halogens is 4. The molecule has 1 aliphatic heterocycles. The molecule has 1 amide bonds. The zero-order valence-electron chi connectivity index (χ0n) is 16.9. The summed E-state index contributed by atoms with van der Waals surface area (Å²) in [5, 5.41) is 11.4. The summed E-state index contributed by atoms with van der Waals surface area (Å²) in [6, 6.07) is 8.25. The number of alkyl halides is 3. The number of rotatable bonds is 6. The number of hydrogen-bond donors (Lipinski definition) is 0. The Morgan fingerprint density at radius 3 is 2.34 bits per heavy atom. The van der Waals surface area contributed by atoms with Crippen LogP contribution in [0.25, 0.3) is 0 Å². The van der Waals surface area contributed by atoms with Gasteiger partial charge >= 0.3 is 11.9 Å². The Bertz CT molecular complexity index is 1010. The first-order valence-electron chi connectivity index (χ1n) is 9.45. The lowest BCUT2D eigenvalue weighted by atomic mass is 10.1. The minimum Gasteiger partial charge on any atom is -0.493 e. The second-order valence-electron chi connectivity index (χ2n) is 7.02. The molecule has 0 saturated carbocycles. The zero-order chi connectivity index (χ0) is 23.5. The van der Waals surface area contributed by atoms with Crippen molar-refractivity contribution in [3.05, 3.63) is 57.1 Å². The highest BCUT2D eigenvalue weighted by atomic mass is 35.5. The van der Waals surface area contributed by atoms with Gasteiger partial charge in [0.15, 0.2) is 11.5 Å². The second kappa shape index (κ2) is 9.61. The molecule has 0 spiro atoms. The number of ether oxygens (including phenoxy) is 2. The largest absolute Gasteiger partial charge is 0.493 e. The summed E-state index contributed by atoms with van der Waals surface area (Å²) >= 11 is 5.81. The van der Waals surface area contributed by atoms with E-state index in [0.717, 1.165) is 6.07 Å². The van der Waals surface area contributed by atoms with Gasteiger partial charge in [0.25, 0.3) is 5.91 Å². The number of nitro groups is 1. The maximum atomic E-state index is 12.8. The molecule has 0 bridgehead atoms. The van der Waals surface area contributed by atoms with Crippen molar-refractivity contribution in [1.82, 2.24) is 9.80 Å². The first-order chi connectivity index (χ1) is 15.1. The van der Waals surface area contributed by atoms with Crippen molar-refractivity contribution in [2.75, 3.05) is 39.8 Å². The van der Waals surface area contributed by atoms with Crippen LogP contribution in [0.4, 0.5) is 18.9 Å². The maximum Gasteiger partial charge on any atom is 0.401 e. The molecule has 2 aromatic rings. The number of methoxy groups -OCH3 is 1. The summed E-state index contributed by atoms with van der Waals surface area (Å²) in [5.41, 5.74) is -0.0829. The van der Waals surface area contributed by atoms with Crippen LogP contribution in [0.1, 0.15) is 10.4 Å². The highest BCUT2D eigenvalue weighted by Gasteiger charge is 2.33. The van der Waals surface area contributed by atoms with Crippen LogP contribution in [0.3, 0.4) is 0 Å². The minimum atomic E-state index is -4.28. The molecule has 8 nitrogen and oxygen atoms in total. The quantitative estimate of drug-likeness (QED) is 0.457.